The van der Waals surface area contributed by atoms with Crippen LogP contribution in [0.3, 0.4) is 0 Å². The van der Waals surface area contributed by atoms with Gasteiger partial charge in [0.2, 0.25) is 0 Å². The molecule has 0 aliphatic rings. The minimum Gasteiger partial charge on any atom is -0.454 e. The number of para-hydroxylation sites is 3. The molecule has 0 N–H and O–H groups in total. The Morgan fingerprint density at radius 2 is 0.947 bits per heavy atom. The lowest BCUT2D eigenvalue weighted by Crippen LogP contribution is -2.10. The monoisotopic (exact) mass is 729 g/mol. The zero-order valence-corrected chi connectivity index (χ0v) is 31.0. The first kappa shape index (κ1) is 32.7. The molecule has 57 heavy (non-hydrogen) atoms. The van der Waals surface area contributed by atoms with Gasteiger partial charge in [0.1, 0.15) is 11.1 Å². The second-order valence-electron chi connectivity index (χ2n) is 14.4. The van der Waals surface area contributed by atoms with Gasteiger partial charge in [-0.05, 0) is 107 Å². The van der Waals surface area contributed by atoms with Gasteiger partial charge in [-0.3, -0.25) is 4.98 Å². The second-order valence-corrected chi connectivity index (χ2v) is 14.4. The number of benzene rings is 8. The van der Waals surface area contributed by atoms with Crippen molar-refractivity contribution in [3.63, 3.8) is 0 Å². The van der Waals surface area contributed by atoms with E-state index in [2.05, 4.69) is 196 Å². The summed E-state index contributed by atoms with van der Waals surface area (Å²) in [5, 5.41) is 3.55. The third kappa shape index (κ3) is 5.66. The van der Waals surface area contributed by atoms with Crippen molar-refractivity contribution in [2.45, 2.75) is 0 Å². The molecule has 0 spiro atoms. The summed E-state index contributed by atoms with van der Waals surface area (Å²) in [6.45, 7) is 0. The Labute approximate surface area is 330 Å². The fourth-order valence-corrected chi connectivity index (χ4v) is 8.35. The molecule has 0 amide bonds. The molecule has 0 saturated carbocycles. The smallest absolute Gasteiger partial charge is 0.161 e. The maximum atomic E-state index is 6.36. The van der Waals surface area contributed by atoms with Gasteiger partial charge in [0.25, 0.3) is 0 Å². The molecule has 8 aromatic carbocycles. The molecule has 0 aliphatic heterocycles. The van der Waals surface area contributed by atoms with Crippen LogP contribution in [-0.4, -0.2) is 9.55 Å². The molecular weight excluding hydrogens is 695 g/mol. The first-order valence-electron chi connectivity index (χ1n) is 19.3. The molecule has 11 rings (SSSR count). The third-order valence-electron chi connectivity index (χ3n) is 11.0. The molecule has 268 valence electrons. The number of fused-ring (bicyclic) bond motifs is 6. The molecule has 0 saturated heterocycles. The van der Waals surface area contributed by atoms with Crippen LogP contribution in [0.4, 0.5) is 17.1 Å². The normalized spacial score (nSPS) is 11.5. The molecule has 0 radical (unpaired) electrons. The van der Waals surface area contributed by atoms with Crippen molar-refractivity contribution >= 4 is 60.9 Å². The first-order valence-corrected chi connectivity index (χ1v) is 19.3. The van der Waals surface area contributed by atoms with Crippen molar-refractivity contribution in [1.82, 2.24) is 9.55 Å². The van der Waals surface area contributed by atoms with Crippen LogP contribution in [0.5, 0.6) is 0 Å². The third-order valence-corrected chi connectivity index (χ3v) is 11.0. The number of pyridine rings is 1. The summed E-state index contributed by atoms with van der Waals surface area (Å²) in [7, 11) is 0. The van der Waals surface area contributed by atoms with Gasteiger partial charge in [-0.25, -0.2) is 0 Å². The van der Waals surface area contributed by atoms with Gasteiger partial charge >= 0.3 is 0 Å². The predicted octanol–water partition coefficient (Wildman–Crippen LogP) is 14.5. The van der Waals surface area contributed by atoms with Crippen molar-refractivity contribution in [2.75, 3.05) is 4.90 Å². The second kappa shape index (κ2) is 13.6. The SMILES string of the molecule is c1ccc(-c2cccc(N(c3ccc(-c4ccnc5c4oc4ccccc45)cc3)c3cccc(-c4ccc(-n5c6ccccc6c6ccccc65)cc4)c3)c2)cc1. The summed E-state index contributed by atoms with van der Waals surface area (Å²) in [6.07, 6.45) is 1.87. The number of hydrogen-bond donors (Lipinski definition) is 0. The van der Waals surface area contributed by atoms with Gasteiger partial charge < -0.3 is 13.9 Å². The quantitative estimate of drug-likeness (QED) is 0.164. The molecule has 3 aromatic heterocycles. The van der Waals surface area contributed by atoms with E-state index >= 15 is 0 Å². The van der Waals surface area contributed by atoms with E-state index in [1.54, 1.807) is 0 Å². The van der Waals surface area contributed by atoms with E-state index in [1.807, 2.05) is 30.5 Å². The Kier molecular flexibility index (Phi) is 7.78. The molecule has 0 unspecified atom stereocenters. The van der Waals surface area contributed by atoms with E-state index < -0.39 is 0 Å². The summed E-state index contributed by atoms with van der Waals surface area (Å²) in [5.41, 5.74) is 16.0. The maximum absolute atomic E-state index is 6.36. The number of rotatable bonds is 7. The van der Waals surface area contributed by atoms with E-state index in [9.17, 15) is 0 Å². The van der Waals surface area contributed by atoms with Crippen LogP contribution in [0.15, 0.2) is 217 Å². The summed E-state index contributed by atoms with van der Waals surface area (Å²) in [6, 6.07) is 73.3. The van der Waals surface area contributed by atoms with E-state index in [-0.39, 0.29) is 0 Å². The van der Waals surface area contributed by atoms with Gasteiger partial charge in [0.05, 0.1) is 11.0 Å². The number of hydrogen-bond acceptors (Lipinski definition) is 3. The van der Waals surface area contributed by atoms with Crippen molar-refractivity contribution in [3.8, 4) is 39.1 Å². The van der Waals surface area contributed by atoms with Gasteiger partial charge in [0, 0.05) is 50.7 Å². The summed E-state index contributed by atoms with van der Waals surface area (Å²) >= 11 is 0. The van der Waals surface area contributed by atoms with Crippen LogP contribution in [0.2, 0.25) is 0 Å². The molecule has 3 heterocycles. The molecule has 0 aliphatic carbocycles. The molecular formula is C53H35N3O. The van der Waals surface area contributed by atoms with Crippen LogP contribution < -0.4 is 4.90 Å². The fourth-order valence-electron chi connectivity index (χ4n) is 8.35. The molecule has 0 atom stereocenters. The molecule has 4 nitrogen and oxygen atoms in total. The summed E-state index contributed by atoms with van der Waals surface area (Å²) < 4.78 is 8.72. The average molecular weight is 730 g/mol. The Morgan fingerprint density at radius 1 is 0.404 bits per heavy atom. The van der Waals surface area contributed by atoms with Crippen LogP contribution in [-0.2, 0) is 0 Å². The highest BCUT2D eigenvalue weighted by Gasteiger charge is 2.18. The Balaban J connectivity index is 0.997. The highest BCUT2D eigenvalue weighted by Crippen LogP contribution is 2.41. The van der Waals surface area contributed by atoms with Crippen molar-refractivity contribution in [2.24, 2.45) is 0 Å². The molecule has 0 fully saturated rings. The van der Waals surface area contributed by atoms with Crippen LogP contribution >= 0.6 is 0 Å². The standard InChI is InChI=1S/C53H35N3O/c1-2-12-36(13-3-1)39-14-10-16-43(34-39)55(41-30-26-38(27-31-41)45-32-33-54-52-48-20-6-9-23-51(48)57-53(45)52)44-17-11-15-40(35-44)37-24-28-42(29-25-37)56-49-21-7-4-18-46(49)47-19-5-8-22-50(47)56/h1-35H. The number of aromatic nitrogens is 2. The first-order chi connectivity index (χ1) is 28.3. The summed E-state index contributed by atoms with van der Waals surface area (Å²) in [4.78, 5) is 7.03. The number of furan rings is 1. The highest BCUT2D eigenvalue weighted by atomic mass is 16.3. The topological polar surface area (TPSA) is 34.2 Å². The summed E-state index contributed by atoms with van der Waals surface area (Å²) in [5.74, 6) is 0. The van der Waals surface area contributed by atoms with E-state index in [1.165, 1.54) is 27.4 Å². The number of anilines is 3. The zero-order chi connectivity index (χ0) is 37.7. The van der Waals surface area contributed by atoms with Gasteiger partial charge in [0.15, 0.2) is 5.58 Å². The molecule has 11 aromatic rings. The minimum atomic E-state index is 0.802. The Hall–Kier alpha value is -7.69. The Morgan fingerprint density at radius 3 is 1.61 bits per heavy atom. The number of nitrogens with zero attached hydrogens (tertiary/aromatic N) is 3. The maximum Gasteiger partial charge on any atom is 0.161 e. The van der Waals surface area contributed by atoms with Crippen LogP contribution in [0, 0.1) is 0 Å². The van der Waals surface area contributed by atoms with E-state index in [0.717, 1.165) is 72.6 Å². The highest BCUT2D eigenvalue weighted by molar-refractivity contribution is 6.09. The Bertz CT molecular complexity index is 3180. The lowest BCUT2D eigenvalue weighted by atomic mass is 10.0. The average Bonchev–Trinajstić information content (AvgIpc) is 3.84. The molecule has 4 heteroatoms. The minimum absolute atomic E-state index is 0.802. The lowest BCUT2D eigenvalue weighted by molar-refractivity contribution is 0.669. The van der Waals surface area contributed by atoms with Crippen LogP contribution in [0.1, 0.15) is 0 Å². The van der Waals surface area contributed by atoms with Crippen molar-refractivity contribution in [1.29, 1.82) is 0 Å². The van der Waals surface area contributed by atoms with Gasteiger partial charge in [-0.1, -0.05) is 127 Å². The predicted molar refractivity (Wildman–Crippen MR) is 237 cm³/mol. The van der Waals surface area contributed by atoms with Crippen molar-refractivity contribution in [3.05, 3.63) is 212 Å². The van der Waals surface area contributed by atoms with E-state index in [4.69, 9.17) is 4.42 Å². The van der Waals surface area contributed by atoms with E-state index in [0.29, 0.717) is 0 Å². The zero-order valence-electron chi connectivity index (χ0n) is 31.0. The van der Waals surface area contributed by atoms with Gasteiger partial charge in [-0.15, -0.1) is 0 Å². The van der Waals surface area contributed by atoms with Crippen molar-refractivity contribution < 1.29 is 4.42 Å². The fraction of sp³-hybridized carbons (Fsp3) is 0. The van der Waals surface area contributed by atoms with Gasteiger partial charge in [-0.2, -0.15) is 0 Å². The van der Waals surface area contributed by atoms with Crippen LogP contribution in [0.25, 0.3) is 82.9 Å². The lowest BCUT2D eigenvalue weighted by Gasteiger charge is -2.27. The molecule has 0 bridgehead atoms. The largest absolute Gasteiger partial charge is 0.454 e.